The molecule has 20 heavy (non-hydrogen) atoms. The summed E-state index contributed by atoms with van der Waals surface area (Å²) < 4.78 is 0. The van der Waals surface area contributed by atoms with Gasteiger partial charge in [-0.25, -0.2) is 0 Å². The minimum atomic E-state index is 0.425. The van der Waals surface area contributed by atoms with Gasteiger partial charge in [0.2, 0.25) is 0 Å². The lowest BCUT2D eigenvalue weighted by atomic mass is 10.2. The van der Waals surface area contributed by atoms with E-state index in [1.807, 2.05) is 0 Å². The molecule has 0 bridgehead atoms. The minimum absolute atomic E-state index is 0.425. The minimum Gasteiger partial charge on any atom is -0.396 e. The van der Waals surface area contributed by atoms with E-state index in [9.17, 15) is 0 Å². The first kappa shape index (κ1) is 12.9. The normalized spacial score (nSPS) is 42.3. The van der Waals surface area contributed by atoms with Gasteiger partial charge in [-0.15, -0.1) is 0 Å². The van der Waals surface area contributed by atoms with Gasteiger partial charge < -0.3 is 5.11 Å². The third-order valence-corrected chi connectivity index (χ3v) is 8.91. The van der Waals surface area contributed by atoms with Gasteiger partial charge in [0.25, 0.3) is 0 Å². The molecule has 4 spiro atoms. The zero-order chi connectivity index (χ0) is 13.6. The molecule has 2 heteroatoms. The van der Waals surface area contributed by atoms with Crippen molar-refractivity contribution in [1.29, 1.82) is 0 Å². The molecule has 112 valence electrons. The number of hydrogen-bond donors (Lipinski definition) is 1. The van der Waals surface area contributed by atoms with Crippen LogP contribution in [-0.2, 0) is 0 Å². The zero-order valence-electron chi connectivity index (χ0n) is 12.5. The highest BCUT2D eigenvalue weighted by Crippen LogP contribution is 2.93. The van der Waals surface area contributed by atoms with Crippen LogP contribution in [0.5, 0.6) is 0 Å². The second-order valence-electron chi connectivity index (χ2n) is 8.72. The van der Waals surface area contributed by atoms with Gasteiger partial charge in [0.05, 0.1) is 0 Å². The topological polar surface area (TPSA) is 20.2 Å². The van der Waals surface area contributed by atoms with Crippen molar-refractivity contribution in [3.8, 4) is 0 Å². The number of aliphatic hydroxyl groups is 1. The number of aliphatic hydroxyl groups excluding tert-OH is 1. The fourth-order valence-corrected chi connectivity index (χ4v) is 7.41. The van der Waals surface area contributed by atoms with Crippen molar-refractivity contribution >= 4 is 15.9 Å². The summed E-state index contributed by atoms with van der Waals surface area (Å²) >= 11 is 3.55. The molecule has 6 rings (SSSR count). The summed E-state index contributed by atoms with van der Waals surface area (Å²) in [5.74, 6) is 2.10. The maximum atomic E-state index is 8.80. The molecule has 0 saturated heterocycles. The van der Waals surface area contributed by atoms with E-state index >= 15 is 0 Å². The fourth-order valence-electron chi connectivity index (χ4n) is 6.95. The van der Waals surface area contributed by atoms with Crippen molar-refractivity contribution in [2.75, 3.05) is 11.9 Å². The molecule has 6 saturated carbocycles. The van der Waals surface area contributed by atoms with Crippen molar-refractivity contribution < 1.29 is 5.11 Å². The van der Waals surface area contributed by atoms with Crippen molar-refractivity contribution in [2.45, 2.75) is 64.2 Å². The molecule has 1 N–H and O–H groups in total. The van der Waals surface area contributed by atoms with Crippen LogP contribution in [-0.4, -0.2) is 17.0 Å². The fraction of sp³-hybridized carbons (Fsp3) is 1.00. The molecule has 1 nitrogen and oxygen atoms in total. The lowest BCUT2D eigenvalue weighted by molar-refractivity contribution is 0.273. The van der Waals surface area contributed by atoms with Crippen LogP contribution in [0.15, 0.2) is 0 Å². The third-order valence-electron chi connectivity index (χ3n) is 8.45. The van der Waals surface area contributed by atoms with Gasteiger partial charge in [-0.3, -0.25) is 0 Å². The van der Waals surface area contributed by atoms with Crippen LogP contribution in [0.1, 0.15) is 64.2 Å². The first-order valence-corrected chi connectivity index (χ1v) is 10.0. The predicted octanol–water partition coefficient (Wildman–Crippen LogP) is 4.52. The zero-order valence-corrected chi connectivity index (χ0v) is 14.1. The van der Waals surface area contributed by atoms with Gasteiger partial charge in [0.15, 0.2) is 0 Å². The average molecular weight is 339 g/mol. The van der Waals surface area contributed by atoms with E-state index < -0.39 is 0 Å². The van der Waals surface area contributed by atoms with Crippen molar-refractivity contribution in [3.05, 3.63) is 0 Å². The highest BCUT2D eigenvalue weighted by molar-refractivity contribution is 9.09. The number of halogens is 1. The predicted molar refractivity (Wildman–Crippen MR) is 83.8 cm³/mol. The van der Waals surface area contributed by atoms with Crippen LogP contribution in [0.25, 0.3) is 0 Å². The van der Waals surface area contributed by atoms with Crippen LogP contribution in [0.3, 0.4) is 0 Å². The summed E-state index contributed by atoms with van der Waals surface area (Å²) in [7, 11) is 0. The van der Waals surface area contributed by atoms with E-state index in [0.717, 1.165) is 39.9 Å². The summed E-state index contributed by atoms with van der Waals surface area (Å²) in [6.45, 7) is 0.425. The quantitative estimate of drug-likeness (QED) is 0.747. The van der Waals surface area contributed by atoms with Crippen LogP contribution >= 0.6 is 15.9 Å². The molecule has 0 unspecified atom stereocenters. The van der Waals surface area contributed by atoms with E-state index in [1.165, 1.54) is 37.4 Å². The monoisotopic (exact) mass is 338 g/mol. The SMILES string of the molecule is BrCCC1C2(CC2)C12CC2.OCCC1C2(CC2)C12CC2. The van der Waals surface area contributed by atoms with E-state index in [2.05, 4.69) is 15.9 Å². The Kier molecular flexibility index (Phi) is 2.37. The second-order valence-corrected chi connectivity index (χ2v) is 9.51. The lowest BCUT2D eigenvalue weighted by Crippen LogP contribution is -1.87. The molecular weight excluding hydrogens is 312 g/mol. The largest absolute Gasteiger partial charge is 0.396 e. The molecular formula is C18H27BrO. The number of hydrogen-bond acceptors (Lipinski definition) is 1. The molecule has 0 aromatic rings. The van der Waals surface area contributed by atoms with E-state index in [-0.39, 0.29) is 0 Å². The smallest absolute Gasteiger partial charge is 0.0434 e. The van der Waals surface area contributed by atoms with Gasteiger partial charge in [-0.1, -0.05) is 15.9 Å². The third kappa shape index (κ3) is 1.35. The van der Waals surface area contributed by atoms with Crippen LogP contribution in [0, 0.1) is 33.5 Å². The first-order chi connectivity index (χ1) is 9.71. The molecule has 0 aromatic carbocycles. The summed E-state index contributed by atoms with van der Waals surface area (Å²) in [6.07, 6.45) is 14.8. The van der Waals surface area contributed by atoms with E-state index in [0.29, 0.717) is 6.61 Å². The van der Waals surface area contributed by atoms with Gasteiger partial charge in [0, 0.05) is 11.9 Å². The van der Waals surface area contributed by atoms with Gasteiger partial charge in [0.1, 0.15) is 0 Å². The lowest BCUT2D eigenvalue weighted by Gasteiger charge is -1.89. The molecule has 0 atom stereocenters. The Labute approximate surface area is 131 Å². The van der Waals surface area contributed by atoms with Crippen LogP contribution in [0.2, 0.25) is 0 Å². The van der Waals surface area contributed by atoms with E-state index in [1.54, 1.807) is 25.7 Å². The maximum absolute atomic E-state index is 8.80. The van der Waals surface area contributed by atoms with Gasteiger partial charge in [-0.2, -0.15) is 0 Å². The molecule has 0 aliphatic heterocycles. The summed E-state index contributed by atoms with van der Waals surface area (Å²) in [5.41, 5.74) is 3.52. The Balaban J connectivity index is 0.0000000960. The highest BCUT2D eigenvalue weighted by atomic mass is 79.9. The Morgan fingerprint density at radius 1 is 0.700 bits per heavy atom. The van der Waals surface area contributed by atoms with Gasteiger partial charge >= 0.3 is 0 Å². The van der Waals surface area contributed by atoms with Crippen LogP contribution in [0.4, 0.5) is 0 Å². The summed E-state index contributed by atoms with van der Waals surface area (Å²) in [5, 5.41) is 10.0. The number of alkyl halides is 1. The van der Waals surface area contributed by atoms with E-state index in [4.69, 9.17) is 5.11 Å². The molecule has 6 aliphatic carbocycles. The average Bonchev–Trinajstić information content (AvgIpc) is 3.23. The molecule has 0 amide bonds. The van der Waals surface area contributed by atoms with Crippen molar-refractivity contribution in [1.82, 2.24) is 0 Å². The van der Waals surface area contributed by atoms with Crippen LogP contribution < -0.4 is 0 Å². The molecule has 0 radical (unpaired) electrons. The molecule has 0 aromatic heterocycles. The maximum Gasteiger partial charge on any atom is 0.0434 e. The Morgan fingerprint density at radius 3 is 1.30 bits per heavy atom. The standard InChI is InChI=1S/C9H13Br.C9H14O/c2*10-6-1-7-8(2-3-8)9(7)4-5-9/h7H,1-6H2;7,10H,1-6H2. The van der Waals surface area contributed by atoms with Gasteiger partial charge in [-0.05, 0) is 97.7 Å². The summed E-state index contributed by atoms with van der Waals surface area (Å²) in [6, 6.07) is 0. The molecule has 6 fully saturated rings. The number of fused-ring (bicyclic) bond motifs is 2. The first-order valence-electron chi connectivity index (χ1n) is 8.88. The second kappa shape index (κ2) is 3.67. The summed E-state index contributed by atoms with van der Waals surface area (Å²) in [4.78, 5) is 0. The molecule has 0 heterocycles. The Bertz CT molecular complexity index is 362. The Hall–Kier alpha value is 0.440. The molecule has 6 aliphatic rings. The Morgan fingerprint density at radius 2 is 1.05 bits per heavy atom. The number of rotatable bonds is 4. The van der Waals surface area contributed by atoms with Crippen molar-refractivity contribution in [3.63, 3.8) is 0 Å². The highest BCUT2D eigenvalue weighted by Gasteiger charge is 2.86. The van der Waals surface area contributed by atoms with Crippen molar-refractivity contribution in [2.24, 2.45) is 33.5 Å².